The first-order chi connectivity index (χ1) is 11.5. The first-order valence-electron chi connectivity index (χ1n) is 7.66. The van der Waals surface area contributed by atoms with Crippen LogP contribution in [0.2, 0.25) is 0 Å². The van der Waals surface area contributed by atoms with Gasteiger partial charge in [0.25, 0.3) is 0 Å². The van der Waals surface area contributed by atoms with Crippen molar-refractivity contribution >= 4 is 22.6 Å². The lowest BCUT2D eigenvalue weighted by molar-refractivity contribution is -0.141. The van der Waals surface area contributed by atoms with Gasteiger partial charge >= 0.3 is 5.97 Å². The number of amides is 1. The van der Waals surface area contributed by atoms with Gasteiger partial charge in [0, 0.05) is 18.4 Å². The third-order valence-corrected chi connectivity index (χ3v) is 3.88. The second-order valence-electron chi connectivity index (χ2n) is 5.35. The molecule has 24 heavy (non-hydrogen) atoms. The van der Waals surface area contributed by atoms with Gasteiger partial charge in [-0.05, 0) is 29.0 Å². The molecule has 128 valence electrons. The Balaban J connectivity index is 2.50. The normalized spacial score (nSPS) is 11.8. The van der Waals surface area contributed by atoms with Crippen molar-refractivity contribution in [1.82, 2.24) is 5.32 Å². The van der Waals surface area contributed by atoms with Crippen LogP contribution in [0, 0.1) is 0 Å². The Labute approximate surface area is 140 Å². The highest BCUT2D eigenvalue weighted by atomic mass is 16.5. The summed E-state index contributed by atoms with van der Waals surface area (Å²) in [6, 6.07) is 8.25. The number of nitrogens with one attached hydrogen (secondary N) is 1. The molecule has 2 aromatic rings. The molecule has 0 saturated carbocycles. The maximum Gasteiger partial charge on any atom is 0.326 e. The average molecular weight is 331 g/mol. The predicted octanol–water partition coefficient (Wildman–Crippen LogP) is 2.38. The zero-order chi connectivity index (χ0) is 17.7. The van der Waals surface area contributed by atoms with E-state index >= 15 is 0 Å². The van der Waals surface area contributed by atoms with Gasteiger partial charge in [-0.2, -0.15) is 0 Å². The number of carbonyl (C=O) groups is 2. The molecule has 1 amide bonds. The van der Waals surface area contributed by atoms with Gasteiger partial charge in [0.15, 0.2) is 0 Å². The van der Waals surface area contributed by atoms with E-state index in [1.165, 1.54) is 7.11 Å². The van der Waals surface area contributed by atoms with Crippen LogP contribution in [-0.4, -0.2) is 37.2 Å². The zero-order valence-corrected chi connectivity index (χ0v) is 14.0. The largest absolute Gasteiger partial charge is 0.497 e. The maximum atomic E-state index is 11.6. The second-order valence-corrected chi connectivity index (χ2v) is 5.35. The van der Waals surface area contributed by atoms with E-state index in [1.54, 1.807) is 20.1 Å². The molecule has 0 bridgehead atoms. The Bertz CT molecular complexity index is 751. The van der Waals surface area contributed by atoms with Crippen LogP contribution in [-0.2, 0) is 16.0 Å². The molecule has 0 fully saturated rings. The summed E-state index contributed by atoms with van der Waals surface area (Å²) in [5, 5.41) is 13.7. The molecule has 0 aliphatic carbocycles. The number of ether oxygens (including phenoxy) is 2. The van der Waals surface area contributed by atoms with Crippen LogP contribution in [0.1, 0.15) is 18.9 Å². The Kier molecular flexibility index (Phi) is 5.63. The molecule has 0 radical (unpaired) electrons. The molecule has 1 atom stereocenters. The van der Waals surface area contributed by atoms with Gasteiger partial charge in [0.1, 0.15) is 17.5 Å². The molecule has 6 nitrogen and oxygen atoms in total. The summed E-state index contributed by atoms with van der Waals surface area (Å²) in [7, 11) is 3.10. The van der Waals surface area contributed by atoms with Crippen LogP contribution in [0.15, 0.2) is 30.3 Å². The lowest BCUT2D eigenvalue weighted by Crippen LogP contribution is -2.42. The molecule has 0 spiro atoms. The highest BCUT2D eigenvalue weighted by molar-refractivity contribution is 5.90. The summed E-state index contributed by atoms with van der Waals surface area (Å²) in [6.45, 7) is 1.68. The lowest BCUT2D eigenvalue weighted by atomic mass is 9.97. The van der Waals surface area contributed by atoms with Gasteiger partial charge in [-0.15, -0.1) is 0 Å². The van der Waals surface area contributed by atoms with Crippen molar-refractivity contribution in [1.29, 1.82) is 0 Å². The van der Waals surface area contributed by atoms with Crippen molar-refractivity contribution in [2.45, 2.75) is 25.8 Å². The number of benzene rings is 2. The molecule has 0 heterocycles. The standard InChI is InChI=1S/C18H21NO5/c1-4-17(20)19-15(18(21)22)10-14-13-9-12(23-2)7-5-11(13)6-8-16(14)24-3/h5-9,15H,4,10H2,1-3H3,(H,19,20)(H,21,22). The molecule has 6 heteroatoms. The number of carbonyl (C=O) groups excluding carboxylic acids is 1. The number of rotatable bonds is 7. The first-order valence-corrected chi connectivity index (χ1v) is 7.66. The molecule has 0 saturated heterocycles. The van der Waals surface area contributed by atoms with Crippen molar-refractivity contribution in [3.8, 4) is 11.5 Å². The Morgan fingerprint density at radius 3 is 2.46 bits per heavy atom. The average Bonchev–Trinajstić information content (AvgIpc) is 2.60. The van der Waals surface area contributed by atoms with Crippen LogP contribution >= 0.6 is 0 Å². The maximum absolute atomic E-state index is 11.6. The minimum absolute atomic E-state index is 0.120. The third-order valence-electron chi connectivity index (χ3n) is 3.88. The summed E-state index contributed by atoms with van der Waals surface area (Å²) in [5.41, 5.74) is 0.720. The van der Waals surface area contributed by atoms with Crippen LogP contribution < -0.4 is 14.8 Å². The molecule has 0 aliphatic heterocycles. The SMILES string of the molecule is CCC(=O)NC(Cc1c(OC)ccc2ccc(OC)cc12)C(=O)O. The molecule has 0 aromatic heterocycles. The van der Waals surface area contributed by atoms with Gasteiger partial charge in [0.05, 0.1) is 14.2 Å². The number of hydrogen-bond donors (Lipinski definition) is 2. The Morgan fingerprint density at radius 2 is 1.88 bits per heavy atom. The topological polar surface area (TPSA) is 84.9 Å². The van der Waals surface area contributed by atoms with Gasteiger partial charge < -0.3 is 19.9 Å². The van der Waals surface area contributed by atoms with Crippen molar-refractivity contribution in [2.75, 3.05) is 14.2 Å². The van der Waals surface area contributed by atoms with Gasteiger partial charge in [-0.25, -0.2) is 4.79 Å². The summed E-state index contributed by atoms with van der Waals surface area (Å²) < 4.78 is 10.7. The van der Waals surface area contributed by atoms with Crippen LogP contribution in [0.4, 0.5) is 0 Å². The lowest BCUT2D eigenvalue weighted by Gasteiger charge is -2.18. The van der Waals surface area contributed by atoms with Crippen molar-refractivity contribution < 1.29 is 24.2 Å². The minimum Gasteiger partial charge on any atom is -0.497 e. The van der Waals surface area contributed by atoms with E-state index in [0.29, 0.717) is 11.5 Å². The van der Waals surface area contributed by atoms with Crippen LogP contribution in [0.25, 0.3) is 10.8 Å². The number of carboxylic acid groups (broad SMARTS) is 1. The molecular formula is C18H21NO5. The fraction of sp³-hybridized carbons (Fsp3) is 0.333. The van der Waals surface area contributed by atoms with E-state index in [2.05, 4.69) is 5.32 Å². The highest BCUT2D eigenvalue weighted by Crippen LogP contribution is 2.31. The fourth-order valence-corrected chi connectivity index (χ4v) is 2.57. The van der Waals surface area contributed by atoms with Crippen LogP contribution in [0.5, 0.6) is 11.5 Å². The number of aliphatic carboxylic acids is 1. The number of methoxy groups -OCH3 is 2. The highest BCUT2D eigenvalue weighted by Gasteiger charge is 2.23. The number of hydrogen-bond acceptors (Lipinski definition) is 4. The van der Waals surface area contributed by atoms with Crippen molar-refractivity contribution in [3.63, 3.8) is 0 Å². The third kappa shape index (κ3) is 3.76. The monoisotopic (exact) mass is 331 g/mol. The Morgan fingerprint density at radius 1 is 1.17 bits per heavy atom. The first kappa shape index (κ1) is 17.6. The second kappa shape index (κ2) is 7.68. The molecule has 0 aliphatic rings. The van der Waals surface area contributed by atoms with E-state index in [1.807, 2.05) is 24.3 Å². The summed E-state index contributed by atoms with van der Waals surface area (Å²) in [6.07, 6.45) is 0.346. The molecule has 1 unspecified atom stereocenters. The fourth-order valence-electron chi connectivity index (χ4n) is 2.57. The number of fused-ring (bicyclic) bond motifs is 1. The summed E-state index contributed by atoms with van der Waals surface area (Å²) >= 11 is 0. The summed E-state index contributed by atoms with van der Waals surface area (Å²) in [5.74, 6) is -0.146. The van der Waals surface area contributed by atoms with E-state index in [-0.39, 0.29) is 18.7 Å². The van der Waals surface area contributed by atoms with Crippen molar-refractivity contribution in [3.05, 3.63) is 35.9 Å². The van der Waals surface area contributed by atoms with Gasteiger partial charge in [0.2, 0.25) is 5.91 Å². The van der Waals surface area contributed by atoms with E-state index in [9.17, 15) is 14.7 Å². The smallest absolute Gasteiger partial charge is 0.326 e. The molecular weight excluding hydrogens is 310 g/mol. The number of carboxylic acids is 1. The summed E-state index contributed by atoms with van der Waals surface area (Å²) in [4.78, 5) is 23.1. The van der Waals surface area contributed by atoms with E-state index in [0.717, 1.165) is 16.3 Å². The predicted molar refractivity (Wildman–Crippen MR) is 90.6 cm³/mol. The molecule has 2 N–H and O–H groups in total. The van der Waals surface area contributed by atoms with Crippen molar-refractivity contribution in [2.24, 2.45) is 0 Å². The molecule has 2 aromatic carbocycles. The van der Waals surface area contributed by atoms with Gasteiger partial charge in [-0.1, -0.05) is 19.1 Å². The Hall–Kier alpha value is -2.76. The molecule has 2 rings (SSSR count). The zero-order valence-electron chi connectivity index (χ0n) is 14.0. The van der Waals surface area contributed by atoms with E-state index < -0.39 is 12.0 Å². The van der Waals surface area contributed by atoms with Gasteiger partial charge in [-0.3, -0.25) is 4.79 Å². The minimum atomic E-state index is -1.08. The van der Waals surface area contributed by atoms with E-state index in [4.69, 9.17) is 9.47 Å². The quantitative estimate of drug-likeness (QED) is 0.814. The van der Waals surface area contributed by atoms with Crippen LogP contribution in [0.3, 0.4) is 0 Å².